The summed E-state index contributed by atoms with van der Waals surface area (Å²) >= 11 is 0. The van der Waals surface area contributed by atoms with Crippen LogP contribution in [0, 0.1) is 0 Å². The Morgan fingerprint density at radius 3 is 1.73 bits per heavy atom. The van der Waals surface area contributed by atoms with Crippen molar-refractivity contribution in [1.82, 2.24) is 4.90 Å². The Balaban J connectivity index is 2.54. The minimum atomic E-state index is 0.0163. The molecule has 0 spiro atoms. The summed E-state index contributed by atoms with van der Waals surface area (Å²) in [6, 6.07) is 7.12. The highest BCUT2D eigenvalue weighted by molar-refractivity contribution is 5.79. The van der Waals surface area contributed by atoms with Gasteiger partial charge in [-0.15, -0.1) is 0 Å². The van der Waals surface area contributed by atoms with E-state index in [0.29, 0.717) is 30.5 Å². The van der Waals surface area contributed by atoms with E-state index >= 15 is 0 Å². The molecule has 0 bridgehead atoms. The van der Waals surface area contributed by atoms with Gasteiger partial charge in [0, 0.05) is 18.4 Å². The molecule has 0 saturated heterocycles. The van der Waals surface area contributed by atoms with Crippen LogP contribution in [0.5, 0.6) is 0 Å². The van der Waals surface area contributed by atoms with Crippen LogP contribution in [-0.2, 0) is 10.3 Å². The number of nitrogens with zero attached hydrogens (tertiary/aromatic N) is 1. The molecule has 0 atom stereocenters. The minimum Gasteiger partial charge on any atom is -0.300 e. The molecule has 22 heavy (non-hydrogen) atoms. The summed E-state index contributed by atoms with van der Waals surface area (Å²) in [7, 11) is 4.32. The maximum atomic E-state index is 11.7. The second-order valence-corrected chi connectivity index (χ2v) is 7.66. The van der Waals surface area contributed by atoms with Crippen molar-refractivity contribution in [2.75, 3.05) is 14.1 Å². The molecule has 2 rings (SSSR count). The Bertz CT molecular complexity index is 506. The maximum Gasteiger partial charge on any atom is 0.133 e. The van der Waals surface area contributed by atoms with E-state index in [2.05, 4.69) is 64.9 Å². The highest BCUT2D eigenvalue weighted by atomic mass is 16.1. The van der Waals surface area contributed by atoms with Gasteiger partial charge >= 0.3 is 0 Å². The zero-order valence-corrected chi connectivity index (χ0v) is 15.1. The monoisotopic (exact) mass is 301 g/mol. The van der Waals surface area contributed by atoms with Crippen LogP contribution in [-0.4, -0.2) is 24.8 Å². The second-order valence-electron chi connectivity index (χ2n) is 7.66. The van der Waals surface area contributed by atoms with E-state index in [-0.39, 0.29) is 5.54 Å². The molecule has 1 aromatic rings. The Morgan fingerprint density at radius 2 is 1.36 bits per heavy atom. The van der Waals surface area contributed by atoms with Crippen molar-refractivity contribution < 1.29 is 4.79 Å². The first-order chi connectivity index (χ1) is 10.3. The van der Waals surface area contributed by atoms with Crippen molar-refractivity contribution in [3.05, 3.63) is 34.9 Å². The van der Waals surface area contributed by atoms with Crippen LogP contribution in [0.4, 0.5) is 0 Å². The fourth-order valence-corrected chi connectivity index (χ4v) is 3.55. The fraction of sp³-hybridized carbons (Fsp3) is 0.650. The number of hydrogen-bond acceptors (Lipinski definition) is 2. The molecule has 0 heterocycles. The predicted molar refractivity (Wildman–Crippen MR) is 93.5 cm³/mol. The van der Waals surface area contributed by atoms with Crippen molar-refractivity contribution in [3.8, 4) is 0 Å². The van der Waals surface area contributed by atoms with Gasteiger partial charge in [0.1, 0.15) is 5.78 Å². The average Bonchev–Trinajstić information content (AvgIpc) is 2.47. The molecule has 1 fully saturated rings. The first kappa shape index (κ1) is 17.2. The Labute approximate surface area is 135 Å². The summed E-state index contributed by atoms with van der Waals surface area (Å²) in [6.07, 6.45) is 3.30. The van der Waals surface area contributed by atoms with Gasteiger partial charge < -0.3 is 0 Å². The van der Waals surface area contributed by atoms with E-state index in [1.54, 1.807) is 0 Å². The molecule has 0 aromatic heterocycles. The quantitative estimate of drug-likeness (QED) is 0.793. The van der Waals surface area contributed by atoms with Gasteiger partial charge in [0.25, 0.3) is 0 Å². The molecular formula is C20H31NO. The van der Waals surface area contributed by atoms with Crippen molar-refractivity contribution in [3.63, 3.8) is 0 Å². The van der Waals surface area contributed by atoms with E-state index in [1.165, 1.54) is 16.7 Å². The Kier molecular flexibility index (Phi) is 5.11. The molecule has 0 radical (unpaired) electrons. The normalized spacial score (nSPS) is 18.5. The lowest BCUT2D eigenvalue weighted by atomic mass is 9.73. The lowest BCUT2D eigenvalue weighted by Crippen LogP contribution is -2.44. The molecule has 2 nitrogen and oxygen atoms in total. The van der Waals surface area contributed by atoms with Gasteiger partial charge in [-0.2, -0.15) is 0 Å². The molecule has 122 valence electrons. The summed E-state index contributed by atoms with van der Waals surface area (Å²) in [5.41, 5.74) is 4.25. The van der Waals surface area contributed by atoms with E-state index in [0.717, 1.165) is 12.8 Å². The van der Waals surface area contributed by atoms with Gasteiger partial charge in [0.05, 0.1) is 0 Å². The molecule has 2 heteroatoms. The maximum absolute atomic E-state index is 11.7. The van der Waals surface area contributed by atoms with Crippen LogP contribution < -0.4 is 0 Å². The minimum absolute atomic E-state index is 0.0163. The van der Waals surface area contributed by atoms with Crippen molar-refractivity contribution in [1.29, 1.82) is 0 Å². The molecular weight excluding hydrogens is 270 g/mol. The van der Waals surface area contributed by atoms with Crippen LogP contribution in [0.25, 0.3) is 0 Å². The topological polar surface area (TPSA) is 20.3 Å². The zero-order chi connectivity index (χ0) is 16.5. The highest BCUT2D eigenvalue weighted by Gasteiger charge is 2.38. The third kappa shape index (κ3) is 3.27. The van der Waals surface area contributed by atoms with Gasteiger partial charge in [0.15, 0.2) is 0 Å². The number of Topliss-reactive ketones (excluding diaryl/α,β-unsaturated/α-hetero) is 1. The second kappa shape index (κ2) is 6.54. The number of rotatable bonds is 4. The number of benzene rings is 1. The van der Waals surface area contributed by atoms with Gasteiger partial charge in [-0.25, -0.2) is 0 Å². The molecule has 0 aliphatic heterocycles. The summed E-state index contributed by atoms with van der Waals surface area (Å²) < 4.78 is 0. The highest BCUT2D eigenvalue weighted by Crippen LogP contribution is 2.41. The van der Waals surface area contributed by atoms with Gasteiger partial charge in [-0.1, -0.05) is 45.9 Å². The largest absolute Gasteiger partial charge is 0.300 e. The van der Waals surface area contributed by atoms with E-state index in [9.17, 15) is 4.79 Å². The van der Waals surface area contributed by atoms with E-state index in [4.69, 9.17) is 0 Å². The first-order valence-corrected chi connectivity index (χ1v) is 8.61. The fourth-order valence-electron chi connectivity index (χ4n) is 3.55. The lowest BCUT2D eigenvalue weighted by molar-refractivity contribution is -0.122. The van der Waals surface area contributed by atoms with Gasteiger partial charge in [-0.3, -0.25) is 9.69 Å². The third-order valence-electron chi connectivity index (χ3n) is 5.34. The molecule has 1 aliphatic rings. The summed E-state index contributed by atoms with van der Waals surface area (Å²) in [5.74, 6) is 1.48. The van der Waals surface area contributed by atoms with E-state index < -0.39 is 0 Å². The van der Waals surface area contributed by atoms with Crippen molar-refractivity contribution in [2.24, 2.45) is 0 Å². The predicted octanol–water partition coefficient (Wildman–Crippen LogP) is 4.83. The first-order valence-electron chi connectivity index (χ1n) is 8.61. The van der Waals surface area contributed by atoms with Crippen LogP contribution in [0.15, 0.2) is 18.2 Å². The standard InChI is InChI=1S/C20H31NO/c1-14(2)16-11-17(15(3)4)13-18(12-16)20(21(5)6)9-7-19(22)8-10-20/h11-15H,7-10H2,1-6H3. The summed E-state index contributed by atoms with van der Waals surface area (Å²) in [6.45, 7) is 9.04. The van der Waals surface area contributed by atoms with Crippen LogP contribution in [0.1, 0.15) is 81.9 Å². The number of hydrogen-bond donors (Lipinski definition) is 0. The summed E-state index contributed by atoms with van der Waals surface area (Å²) in [4.78, 5) is 14.1. The van der Waals surface area contributed by atoms with Crippen LogP contribution in [0.2, 0.25) is 0 Å². The van der Waals surface area contributed by atoms with Gasteiger partial charge in [-0.05, 0) is 55.5 Å². The number of carbonyl (C=O) groups is 1. The van der Waals surface area contributed by atoms with E-state index in [1.807, 2.05) is 0 Å². The lowest BCUT2D eigenvalue weighted by Gasteiger charge is -2.43. The molecule has 0 unspecified atom stereocenters. The van der Waals surface area contributed by atoms with Crippen molar-refractivity contribution in [2.45, 2.75) is 70.8 Å². The smallest absolute Gasteiger partial charge is 0.133 e. The Hall–Kier alpha value is -1.15. The average molecular weight is 301 g/mol. The molecule has 0 amide bonds. The molecule has 0 N–H and O–H groups in total. The summed E-state index contributed by atoms with van der Waals surface area (Å²) in [5, 5.41) is 0. The molecule has 1 aromatic carbocycles. The third-order valence-corrected chi connectivity index (χ3v) is 5.34. The SMILES string of the molecule is CC(C)c1cc(C(C)C)cc(C2(N(C)C)CCC(=O)CC2)c1. The van der Waals surface area contributed by atoms with Crippen LogP contribution in [0.3, 0.4) is 0 Å². The van der Waals surface area contributed by atoms with Crippen molar-refractivity contribution >= 4 is 5.78 Å². The number of ketones is 1. The number of carbonyl (C=O) groups excluding carboxylic acids is 1. The van der Waals surface area contributed by atoms with Crippen LogP contribution >= 0.6 is 0 Å². The van der Waals surface area contributed by atoms with Gasteiger partial charge in [0.2, 0.25) is 0 Å². The zero-order valence-electron chi connectivity index (χ0n) is 15.1. The Morgan fingerprint density at radius 1 is 0.909 bits per heavy atom. The molecule has 1 aliphatic carbocycles. The molecule has 1 saturated carbocycles.